The Balaban J connectivity index is 3.05. The van der Waals surface area contributed by atoms with Crippen molar-refractivity contribution in [2.45, 2.75) is 25.1 Å². The van der Waals surface area contributed by atoms with E-state index in [2.05, 4.69) is 36.8 Å². The van der Waals surface area contributed by atoms with Gasteiger partial charge in [-0.25, -0.2) is 8.78 Å². The van der Waals surface area contributed by atoms with Crippen LogP contribution in [-0.2, 0) is 21.3 Å². The number of hydrogen-bond acceptors (Lipinski definition) is 3. The SMILES string of the molecule is CCOC(=O)Cc1ncc(C(F)F)c(CBr)c1Br. The lowest BCUT2D eigenvalue weighted by Gasteiger charge is -2.11. The lowest BCUT2D eigenvalue weighted by Crippen LogP contribution is -2.11. The van der Waals surface area contributed by atoms with Gasteiger partial charge in [0.1, 0.15) is 0 Å². The van der Waals surface area contributed by atoms with Gasteiger partial charge in [-0.1, -0.05) is 15.9 Å². The third kappa shape index (κ3) is 3.71. The summed E-state index contributed by atoms with van der Waals surface area (Å²) in [5.41, 5.74) is 0.651. The predicted molar refractivity (Wildman–Crippen MR) is 69.9 cm³/mol. The maximum Gasteiger partial charge on any atom is 0.311 e. The summed E-state index contributed by atoms with van der Waals surface area (Å²) in [6, 6.07) is 0. The number of alkyl halides is 3. The van der Waals surface area contributed by atoms with Gasteiger partial charge < -0.3 is 4.74 Å². The van der Waals surface area contributed by atoms with Crippen LogP contribution >= 0.6 is 31.9 Å². The second-order valence-corrected chi connectivity index (χ2v) is 4.72. The van der Waals surface area contributed by atoms with E-state index in [4.69, 9.17) is 4.74 Å². The van der Waals surface area contributed by atoms with Gasteiger partial charge in [0.25, 0.3) is 6.43 Å². The molecule has 0 spiro atoms. The molecule has 0 saturated carbocycles. The normalized spacial score (nSPS) is 10.8. The van der Waals surface area contributed by atoms with Gasteiger partial charge in [0.05, 0.1) is 18.7 Å². The highest BCUT2D eigenvalue weighted by Gasteiger charge is 2.19. The molecule has 0 aromatic carbocycles. The van der Waals surface area contributed by atoms with Crippen LogP contribution < -0.4 is 0 Å². The number of pyridine rings is 1. The van der Waals surface area contributed by atoms with Crippen molar-refractivity contribution in [3.05, 3.63) is 27.5 Å². The Labute approximate surface area is 120 Å². The summed E-state index contributed by atoms with van der Waals surface area (Å²) in [6.45, 7) is 1.97. The number of nitrogens with zero attached hydrogens (tertiary/aromatic N) is 1. The molecule has 0 aliphatic carbocycles. The predicted octanol–water partition coefficient (Wildman–Crippen LogP) is 3.78. The number of carbonyl (C=O) groups is 1. The molecule has 0 aliphatic rings. The summed E-state index contributed by atoms with van der Waals surface area (Å²) >= 11 is 6.36. The fourth-order valence-corrected chi connectivity index (χ4v) is 2.97. The maximum absolute atomic E-state index is 12.7. The van der Waals surface area contributed by atoms with Crippen LogP contribution in [0.4, 0.5) is 8.78 Å². The van der Waals surface area contributed by atoms with Crippen molar-refractivity contribution in [3.63, 3.8) is 0 Å². The van der Waals surface area contributed by atoms with Crippen LogP contribution in [0, 0.1) is 0 Å². The molecule has 18 heavy (non-hydrogen) atoms. The average Bonchev–Trinajstić information content (AvgIpc) is 2.31. The number of hydrogen-bond donors (Lipinski definition) is 0. The molecule has 1 rings (SSSR count). The Bertz CT molecular complexity index is 441. The van der Waals surface area contributed by atoms with Gasteiger partial charge in [-0.15, -0.1) is 0 Å². The summed E-state index contributed by atoms with van der Waals surface area (Å²) in [5.74, 6) is -0.434. The summed E-state index contributed by atoms with van der Waals surface area (Å²) in [5, 5.41) is 0.256. The average molecular weight is 387 g/mol. The van der Waals surface area contributed by atoms with Crippen molar-refractivity contribution in [2.24, 2.45) is 0 Å². The third-order valence-electron chi connectivity index (χ3n) is 2.21. The van der Waals surface area contributed by atoms with Crippen molar-refractivity contribution >= 4 is 37.8 Å². The number of ether oxygens (including phenoxy) is 1. The first-order valence-electron chi connectivity index (χ1n) is 5.17. The zero-order chi connectivity index (χ0) is 13.7. The smallest absolute Gasteiger partial charge is 0.311 e. The number of aromatic nitrogens is 1. The zero-order valence-corrected chi connectivity index (χ0v) is 12.7. The first-order valence-corrected chi connectivity index (χ1v) is 7.08. The number of rotatable bonds is 5. The summed E-state index contributed by atoms with van der Waals surface area (Å²) in [7, 11) is 0. The summed E-state index contributed by atoms with van der Waals surface area (Å²) in [6.07, 6.45) is -1.54. The Morgan fingerprint density at radius 2 is 2.22 bits per heavy atom. The van der Waals surface area contributed by atoms with E-state index in [-0.39, 0.29) is 23.9 Å². The molecule has 1 heterocycles. The van der Waals surface area contributed by atoms with Gasteiger partial charge >= 0.3 is 5.97 Å². The zero-order valence-electron chi connectivity index (χ0n) is 9.55. The molecule has 0 fully saturated rings. The summed E-state index contributed by atoms with van der Waals surface area (Å²) in [4.78, 5) is 15.2. The Morgan fingerprint density at radius 1 is 1.56 bits per heavy atom. The second kappa shape index (κ2) is 7.13. The van der Waals surface area contributed by atoms with Crippen LogP contribution in [0.2, 0.25) is 0 Å². The molecular formula is C11H11Br2F2NO2. The van der Waals surface area contributed by atoms with E-state index in [0.29, 0.717) is 15.7 Å². The minimum absolute atomic E-state index is 0.0437. The van der Waals surface area contributed by atoms with Crippen LogP contribution in [0.5, 0.6) is 0 Å². The molecule has 0 saturated heterocycles. The molecule has 0 N–H and O–H groups in total. The lowest BCUT2D eigenvalue weighted by molar-refractivity contribution is -0.142. The standard InChI is InChI=1S/C11H11Br2F2NO2/c1-2-18-9(17)3-8-10(13)6(4-12)7(5-16-8)11(14)15/h5,11H,2-4H2,1H3. The number of carbonyl (C=O) groups excluding carboxylic acids is 1. The highest BCUT2D eigenvalue weighted by atomic mass is 79.9. The first kappa shape index (κ1) is 15.5. The van der Waals surface area contributed by atoms with Gasteiger partial charge in [0, 0.05) is 21.6 Å². The maximum atomic E-state index is 12.7. The Kier molecular flexibility index (Phi) is 6.14. The van der Waals surface area contributed by atoms with Crippen LogP contribution in [0.15, 0.2) is 10.7 Å². The minimum Gasteiger partial charge on any atom is -0.466 e. The van der Waals surface area contributed by atoms with Crippen LogP contribution in [-0.4, -0.2) is 17.6 Å². The van der Waals surface area contributed by atoms with Crippen LogP contribution in [0.25, 0.3) is 0 Å². The van der Waals surface area contributed by atoms with Crippen molar-refractivity contribution in [1.29, 1.82) is 0 Å². The number of halogens is 4. The second-order valence-electron chi connectivity index (χ2n) is 3.37. The van der Waals surface area contributed by atoms with E-state index < -0.39 is 12.4 Å². The monoisotopic (exact) mass is 385 g/mol. The van der Waals surface area contributed by atoms with E-state index in [1.54, 1.807) is 6.92 Å². The minimum atomic E-state index is -2.60. The van der Waals surface area contributed by atoms with Gasteiger partial charge in [-0.05, 0) is 28.4 Å². The third-order valence-corrected chi connectivity index (χ3v) is 3.71. The molecule has 1 aromatic heterocycles. The van der Waals surface area contributed by atoms with E-state index in [9.17, 15) is 13.6 Å². The molecule has 3 nitrogen and oxygen atoms in total. The van der Waals surface area contributed by atoms with Crippen molar-refractivity contribution in [2.75, 3.05) is 6.61 Å². The topological polar surface area (TPSA) is 39.2 Å². The highest BCUT2D eigenvalue weighted by Crippen LogP contribution is 2.31. The molecule has 0 amide bonds. The number of esters is 1. The van der Waals surface area contributed by atoms with Crippen molar-refractivity contribution < 1.29 is 18.3 Å². The quantitative estimate of drug-likeness (QED) is 0.571. The molecule has 7 heteroatoms. The molecule has 0 bridgehead atoms. The molecular weight excluding hydrogens is 376 g/mol. The molecule has 0 unspecified atom stereocenters. The lowest BCUT2D eigenvalue weighted by atomic mass is 10.1. The largest absolute Gasteiger partial charge is 0.466 e. The van der Waals surface area contributed by atoms with Crippen molar-refractivity contribution in [3.8, 4) is 0 Å². The molecule has 0 atom stereocenters. The molecule has 0 aliphatic heterocycles. The first-order chi connectivity index (χ1) is 8.51. The van der Waals surface area contributed by atoms with Gasteiger partial charge in [0.15, 0.2) is 0 Å². The Morgan fingerprint density at radius 3 is 2.72 bits per heavy atom. The van der Waals surface area contributed by atoms with Crippen LogP contribution in [0.1, 0.15) is 30.2 Å². The molecule has 1 aromatic rings. The summed E-state index contributed by atoms with van der Waals surface area (Å²) < 4.78 is 30.7. The molecule has 100 valence electrons. The Hall–Kier alpha value is -0.560. The molecule has 0 radical (unpaired) electrons. The van der Waals surface area contributed by atoms with E-state index in [1.807, 2.05) is 0 Å². The van der Waals surface area contributed by atoms with E-state index in [0.717, 1.165) is 6.20 Å². The van der Waals surface area contributed by atoms with Gasteiger partial charge in [-0.2, -0.15) is 0 Å². The fraction of sp³-hybridized carbons (Fsp3) is 0.455. The fourth-order valence-electron chi connectivity index (χ4n) is 1.38. The van der Waals surface area contributed by atoms with E-state index >= 15 is 0 Å². The highest BCUT2D eigenvalue weighted by molar-refractivity contribution is 9.10. The van der Waals surface area contributed by atoms with Gasteiger partial charge in [0.2, 0.25) is 0 Å². The van der Waals surface area contributed by atoms with Crippen LogP contribution in [0.3, 0.4) is 0 Å². The van der Waals surface area contributed by atoms with E-state index in [1.165, 1.54) is 0 Å². The van der Waals surface area contributed by atoms with Gasteiger partial charge in [-0.3, -0.25) is 9.78 Å². The van der Waals surface area contributed by atoms with Crippen molar-refractivity contribution in [1.82, 2.24) is 4.98 Å².